The van der Waals surface area contributed by atoms with E-state index in [0.29, 0.717) is 35.8 Å². The Balaban J connectivity index is 2.19. The highest BCUT2D eigenvalue weighted by atomic mass is 16.5. The van der Waals surface area contributed by atoms with Gasteiger partial charge in [-0.05, 0) is 38.5 Å². The Kier molecular flexibility index (Phi) is 8.29. The van der Waals surface area contributed by atoms with E-state index in [9.17, 15) is 15.2 Å². The standard InChI is InChI=1S/C22H28N2O5/c1-4-5-11-28-17(15-27-10-6-9-25)14-24-20-18-12-16(13-23)7-8-19(18)29-22(2,3)21(20)26/h6-8,12,15,20-21,24,26H,4-5,10-11,14H2,1-3H3/t20-,21+/m0/s1. The first-order valence-corrected chi connectivity index (χ1v) is 9.70. The number of carbonyl (C=O) groups excluding carboxylic acids is 1. The van der Waals surface area contributed by atoms with Crippen molar-refractivity contribution < 1.29 is 24.1 Å². The van der Waals surface area contributed by atoms with E-state index >= 15 is 0 Å². The summed E-state index contributed by atoms with van der Waals surface area (Å²) in [5, 5.41) is 23.4. The maximum Gasteiger partial charge on any atom is 0.144 e. The molecule has 0 amide bonds. The van der Waals surface area contributed by atoms with Crippen LogP contribution >= 0.6 is 0 Å². The summed E-state index contributed by atoms with van der Waals surface area (Å²) in [4.78, 5) is 10.3. The van der Waals surface area contributed by atoms with Gasteiger partial charge < -0.3 is 24.6 Å². The number of nitrogens with zero attached hydrogens (tertiary/aromatic N) is 1. The zero-order chi connectivity index (χ0) is 21.3. The fraction of sp³-hybridized carbons (Fsp3) is 0.500. The molecule has 0 saturated heterocycles. The maximum absolute atomic E-state index is 10.9. The van der Waals surface area contributed by atoms with Crippen molar-refractivity contribution >= 4 is 5.94 Å². The van der Waals surface area contributed by atoms with Crippen LogP contribution in [0.5, 0.6) is 5.75 Å². The Morgan fingerprint density at radius 3 is 2.93 bits per heavy atom. The molecule has 1 heterocycles. The smallest absolute Gasteiger partial charge is 0.144 e. The van der Waals surface area contributed by atoms with Crippen molar-refractivity contribution in [1.29, 1.82) is 5.26 Å². The van der Waals surface area contributed by atoms with Crippen molar-refractivity contribution in [2.75, 3.05) is 19.8 Å². The van der Waals surface area contributed by atoms with Crippen LogP contribution in [0.15, 0.2) is 36.3 Å². The fourth-order valence-electron chi connectivity index (χ4n) is 3.00. The Morgan fingerprint density at radius 1 is 1.45 bits per heavy atom. The third kappa shape index (κ3) is 6.10. The van der Waals surface area contributed by atoms with Crippen LogP contribution in [0.25, 0.3) is 0 Å². The van der Waals surface area contributed by atoms with Gasteiger partial charge in [-0.2, -0.15) is 5.26 Å². The van der Waals surface area contributed by atoms with E-state index in [1.807, 2.05) is 13.8 Å². The second-order valence-corrected chi connectivity index (χ2v) is 7.31. The lowest BCUT2D eigenvalue weighted by molar-refractivity contribution is -0.0646. The van der Waals surface area contributed by atoms with Gasteiger partial charge in [-0.25, -0.2) is 4.79 Å². The normalized spacial score (nSPS) is 19.9. The SMILES string of the molecule is CCCCOC(=COCC=C=O)CN[C@H]1c2cc(C#N)ccc2OC(C)(C)[C@@H]1O. The van der Waals surface area contributed by atoms with E-state index in [4.69, 9.17) is 14.2 Å². The first-order valence-electron chi connectivity index (χ1n) is 9.70. The molecule has 0 aromatic heterocycles. The molecule has 0 fully saturated rings. The Morgan fingerprint density at radius 2 is 2.24 bits per heavy atom. The van der Waals surface area contributed by atoms with Gasteiger partial charge in [0.15, 0.2) is 0 Å². The second kappa shape index (κ2) is 10.7. The van der Waals surface area contributed by atoms with Crippen molar-refractivity contribution in [3.05, 3.63) is 47.4 Å². The minimum atomic E-state index is -0.847. The van der Waals surface area contributed by atoms with E-state index in [1.165, 1.54) is 12.3 Å². The van der Waals surface area contributed by atoms with Gasteiger partial charge in [0.1, 0.15) is 42.0 Å². The highest BCUT2D eigenvalue weighted by Crippen LogP contribution is 2.40. The summed E-state index contributed by atoms with van der Waals surface area (Å²) in [6.07, 6.45) is 3.73. The molecule has 7 nitrogen and oxygen atoms in total. The van der Waals surface area contributed by atoms with Crippen molar-refractivity contribution in [2.24, 2.45) is 0 Å². The molecule has 0 bridgehead atoms. The quantitative estimate of drug-likeness (QED) is 0.354. The van der Waals surface area contributed by atoms with E-state index < -0.39 is 17.7 Å². The lowest BCUT2D eigenvalue weighted by Gasteiger charge is -2.42. The lowest BCUT2D eigenvalue weighted by Crippen LogP contribution is -2.52. The zero-order valence-corrected chi connectivity index (χ0v) is 17.1. The number of ether oxygens (including phenoxy) is 3. The summed E-state index contributed by atoms with van der Waals surface area (Å²) >= 11 is 0. The van der Waals surface area contributed by atoms with E-state index in [-0.39, 0.29) is 6.61 Å². The summed E-state index contributed by atoms with van der Waals surface area (Å²) in [5.74, 6) is 2.83. The number of benzene rings is 1. The van der Waals surface area contributed by atoms with Crippen LogP contribution in [0.3, 0.4) is 0 Å². The number of nitriles is 1. The van der Waals surface area contributed by atoms with Gasteiger partial charge in [0, 0.05) is 11.6 Å². The maximum atomic E-state index is 10.9. The predicted molar refractivity (Wildman–Crippen MR) is 108 cm³/mol. The van der Waals surface area contributed by atoms with Crippen LogP contribution in [0.4, 0.5) is 0 Å². The molecule has 1 aliphatic rings. The van der Waals surface area contributed by atoms with Crippen LogP contribution in [0.2, 0.25) is 0 Å². The van der Waals surface area contributed by atoms with Crippen molar-refractivity contribution in [3.63, 3.8) is 0 Å². The average molecular weight is 400 g/mol. The molecule has 0 unspecified atom stereocenters. The summed E-state index contributed by atoms with van der Waals surface area (Å²) in [6, 6.07) is 6.82. The number of rotatable bonds is 10. The molecular weight excluding hydrogens is 372 g/mol. The first kappa shape index (κ1) is 22.5. The predicted octanol–water partition coefficient (Wildman–Crippen LogP) is 2.78. The molecule has 7 heteroatoms. The number of unbranched alkanes of at least 4 members (excludes halogenated alkanes) is 1. The Hall–Kier alpha value is -2.78. The molecule has 0 aliphatic carbocycles. The highest BCUT2D eigenvalue weighted by Gasteiger charge is 2.42. The summed E-state index contributed by atoms with van der Waals surface area (Å²) in [6.45, 7) is 6.64. The molecule has 1 aromatic carbocycles. The first-order chi connectivity index (χ1) is 13.9. The minimum Gasteiger partial charge on any atom is -0.493 e. The van der Waals surface area contributed by atoms with Gasteiger partial charge >= 0.3 is 0 Å². The summed E-state index contributed by atoms with van der Waals surface area (Å²) in [5.41, 5.74) is 0.399. The third-order valence-corrected chi connectivity index (χ3v) is 4.63. The van der Waals surface area contributed by atoms with Crippen LogP contribution in [0.1, 0.15) is 50.8 Å². The molecule has 0 saturated carbocycles. The van der Waals surface area contributed by atoms with Gasteiger partial charge in [-0.1, -0.05) is 13.3 Å². The third-order valence-electron chi connectivity index (χ3n) is 4.63. The zero-order valence-electron chi connectivity index (χ0n) is 17.1. The molecule has 1 aromatic rings. The van der Waals surface area contributed by atoms with Crippen molar-refractivity contribution in [1.82, 2.24) is 5.32 Å². The molecule has 156 valence electrons. The number of aliphatic hydroxyl groups excluding tert-OH is 1. The van der Waals surface area contributed by atoms with Crippen LogP contribution in [0, 0.1) is 11.3 Å². The fourth-order valence-corrected chi connectivity index (χ4v) is 3.00. The van der Waals surface area contributed by atoms with Crippen molar-refractivity contribution in [3.8, 4) is 11.8 Å². The van der Waals surface area contributed by atoms with Gasteiger partial charge in [0.25, 0.3) is 0 Å². The molecule has 0 spiro atoms. The van der Waals surface area contributed by atoms with Gasteiger partial charge in [0.05, 0.1) is 30.8 Å². The number of aliphatic hydroxyl groups is 1. The van der Waals surface area contributed by atoms with Gasteiger partial charge in [-0.3, -0.25) is 0 Å². The molecule has 2 atom stereocenters. The molecule has 1 aliphatic heterocycles. The van der Waals surface area contributed by atoms with Crippen LogP contribution in [-0.4, -0.2) is 42.5 Å². The average Bonchev–Trinajstić information content (AvgIpc) is 2.70. The Labute approximate surface area is 171 Å². The summed E-state index contributed by atoms with van der Waals surface area (Å²) < 4.78 is 17.0. The van der Waals surface area contributed by atoms with Gasteiger partial charge in [-0.15, -0.1) is 0 Å². The monoisotopic (exact) mass is 400 g/mol. The van der Waals surface area contributed by atoms with E-state index in [2.05, 4.69) is 18.3 Å². The van der Waals surface area contributed by atoms with Gasteiger partial charge in [0.2, 0.25) is 0 Å². The summed E-state index contributed by atoms with van der Waals surface area (Å²) in [7, 11) is 0. The van der Waals surface area contributed by atoms with Crippen LogP contribution < -0.4 is 10.1 Å². The second-order valence-electron chi connectivity index (χ2n) is 7.31. The molecular formula is C22H28N2O5. The Bertz CT molecular complexity index is 806. The molecule has 2 N–H and O–H groups in total. The van der Waals surface area contributed by atoms with Crippen LogP contribution in [-0.2, 0) is 14.3 Å². The topological polar surface area (TPSA) is 101 Å². The van der Waals surface area contributed by atoms with E-state index in [1.54, 1.807) is 24.1 Å². The highest BCUT2D eigenvalue weighted by molar-refractivity contribution is 5.46. The number of nitrogens with one attached hydrogen (secondary N) is 1. The van der Waals surface area contributed by atoms with Crippen molar-refractivity contribution in [2.45, 2.75) is 51.4 Å². The minimum absolute atomic E-state index is 0.103. The lowest BCUT2D eigenvalue weighted by atomic mass is 9.86. The number of hydrogen-bond donors (Lipinski definition) is 2. The molecule has 29 heavy (non-hydrogen) atoms. The number of fused-ring (bicyclic) bond motifs is 1. The molecule has 2 rings (SSSR count). The van der Waals surface area contributed by atoms with E-state index in [0.717, 1.165) is 12.8 Å². The molecule has 0 radical (unpaired) electrons. The number of hydrogen-bond acceptors (Lipinski definition) is 7. The largest absolute Gasteiger partial charge is 0.493 e.